The van der Waals surface area contributed by atoms with Crippen LogP contribution in [0.2, 0.25) is 0 Å². The van der Waals surface area contributed by atoms with Crippen molar-refractivity contribution in [1.29, 1.82) is 0 Å². The molecule has 4 heteroatoms. The van der Waals surface area contributed by atoms with Crippen molar-refractivity contribution in [3.63, 3.8) is 0 Å². The highest BCUT2D eigenvalue weighted by Gasteiger charge is 2.43. The minimum absolute atomic E-state index is 0.0680. The summed E-state index contributed by atoms with van der Waals surface area (Å²) in [4.78, 5) is 16.0. The molecule has 2 heterocycles. The van der Waals surface area contributed by atoms with Crippen molar-refractivity contribution in [1.82, 2.24) is 4.90 Å². The van der Waals surface area contributed by atoms with Gasteiger partial charge in [-0.05, 0) is 62.8 Å². The summed E-state index contributed by atoms with van der Waals surface area (Å²) in [6.07, 6.45) is 3.78. The fraction of sp³-hybridized carbons (Fsp3) is 0.762. The van der Waals surface area contributed by atoms with Crippen LogP contribution in [0.3, 0.4) is 0 Å². The molecule has 3 nitrogen and oxygen atoms in total. The first-order chi connectivity index (χ1) is 11.7. The zero-order valence-corrected chi connectivity index (χ0v) is 17.6. The lowest BCUT2D eigenvalue weighted by molar-refractivity contribution is -0.137. The fourth-order valence-corrected chi connectivity index (χ4v) is 5.07. The summed E-state index contributed by atoms with van der Waals surface area (Å²) < 4.78 is 5.97. The maximum atomic E-state index is 12.6. The van der Waals surface area contributed by atoms with E-state index in [1.807, 2.05) is 6.92 Å². The van der Waals surface area contributed by atoms with Crippen LogP contribution in [0, 0.1) is 11.3 Å². The molecule has 2 atom stereocenters. The van der Waals surface area contributed by atoms with Crippen LogP contribution in [-0.4, -0.2) is 29.6 Å². The van der Waals surface area contributed by atoms with Crippen LogP contribution in [0.25, 0.3) is 0 Å². The van der Waals surface area contributed by atoms with E-state index in [2.05, 4.69) is 57.0 Å². The zero-order chi connectivity index (χ0) is 18.7. The standard InChI is InChI=1S/C21H35NO2S/c1-7-19(23)22(17(4)18-9-8-14-25-18)12-10-21(16(2)3)11-13-24-20(5,6)15-21/h8-9,14,16-17H,7,10-13,15H2,1-6H3/t17-,21+/m0/s1. The zero-order valence-electron chi connectivity index (χ0n) is 16.8. The molecule has 2 rings (SSSR count). The number of carbonyl (C=O) groups excluding carboxylic acids is 1. The molecule has 1 aromatic rings. The molecule has 0 radical (unpaired) electrons. The van der Waals surface area contributed by atoms with E-state index >= 15 is 0 Å². The van der Waals surface area contributed by atoms with Gasteiger partial charge in [0.2, 0.25) is 5.91 Å². The summed E-state index contributed by atoms with van der Waals surface area (Å²) in [6, 6.07) is 4.37. The molecule has 0 aliphatic carbocycles. The molecule has 1 saturated heterocycles. The van der Waals surface area contributed by atoms with Crippen molar-refractivity contribution in [3.05, 3.63) is 22.4 Å². The average molecular weight is 366 g/mol. The van der Waals surface area contributed by atoms with Gasteiger partial charge in [-0.15, -0.1) is 11.3 Å². The summed E-state index contributed by atoms with van der Waals surface area (Å²) in [5.74, 6) is 0.845. The molecule has 1 aliphatic rings. The van der Waals surface area contributed by atoms with Crippen molar-refractivity contribution >= 4 is 17.2 Å². The molecular weight excluding hydrogens is 330 g/mol. The summed E-state index contributed by atoms with van der Waals surface area (Å²) in [5.41, 5.74) is 0.185. The number of rotatable bonds is 7. The van der Waals surface area contributed by atoms with Crippen LogP contribution in [-0.2, 0) is 9.53 Å². The molecule has 1 aliphatic heterocycles. The molecule has 0 unspecified atom stereocenters. The van der Waals surface area contributed by atoms with Crippen molar-refractivity contribution in [2.45, 2.75) is 78.9 Å². The van der Waals surface area contributed by atoms with E-state index in [1.54, 1.807) is 11.3 Å². The van der Waals surface area contributed by atoms with Crippen LogP contribution < -0.4 is 0 Å². The minimum Gasteiger partial charge on any atom is -0.376 e. The first-order valence-electron chi connectivity index (χ1n) is 9.67. The van der Waals surface area contributed by atoms with E-state index in [-0.39, 0.29) is 23.0 Å². The number of ether oxygens (including phenoxy) is 1. The molecular formula is C21H35NO2S. The summed E-state index contributed by atoms with van der Waals surface area (Å²) in [5, 5.41) is 2.09. The largest absolute Gasteiger partial charge is 0.376 e. The van der Waals surface area contributed by atoms with Crippen molar-refractivity contribution in [2.75, 3.05) is 13.2 Å². The Morgan fingerprint density at radius 3 is 2.60 bits per heavy atom. The molecule has 0 aromatic carbocycles. The van der Waals surface area contributed by atoms with Gasteiger partial charge in [-0.1, -0.05) is 26.8 Å². The highest BCUT2D eigenvalue weighted by molar-refractivity contribution is 7.10. The second-order valence-corrected chi connectivity index (χ2v) is 9.41. The third kappa shape index (κ3) is 4.85. The fourth-order valence-electron chi connectivity index (χ4n) is 4.28. The second kappa shape index (κ2) is 8.22. The molecule has 142 valence electrons. The van der Waals surface area contributed by atoms with Gasteiger partial charge in [-0.3, -0.25) is 4.79 Å². The van der Waals surface area contributed by atoms with Crippen molar-refractivity contribution in [2.24, 2.45) is 11.3 Å². The van der Waals surface area contributed by atoms with Gasteiger partial charge in [0.05, 0.1) is 11.6 Å². The first kappa shape index (κ1) is 20.4. The number of carbonyl (C=O) groups is 1. The minimum atomic E-state index is -0.0680. The van der Waals surface area contributed by atoms with Crippen LogP contribution in [0.4, 0.5) is 0 Å². The lowest BCUT2D eigenvalue weighted by atomic mass is 9.65. The Hall–Kier alpha value is -0.870. The quantitative estimate of drug-likeness (QED) is 0.623. The Morgan fingerprint density at radius 1 is 1.36 bits per heavy atom. The molecule has 25 heavy (non-hydrogen) atoms. The van der Waals surface area contributed by atoms with Crippen molar-refractivity contribution in [3.8, 4) is 0 Å². The van der Waals surface area contributed by atoms with Gasteiger partial charge in [-0.2, -0.15) is 0 Å². The molecule has 1 amide bonds. The van der Waals surface area contributed by atoms with Crippen LogP contribution in [0.1, 0.15) is 78.1 Å². The highest BCUT2D eigenvalue weighted by Crippen LogP contribution is 2.47. The molecule has 1 aromatic heterocycles. The summed E-state index contributed by atoms with van der Waals surface area (Å²) in [7, 11) is 0. The Kier molecular flexibility index (Phi) is 6.72. The molecule has 0 bridgehead atoms. The van der Waals surface area contributed by atoms with Gasteiger partial charge in [0.15, 0.2) is 0 Å². The smallest absolute Gasteiger partial charge is 0.222 e. The third-order valence-corrected chi connectivity index (χ3v) is 7.03. The normalized spacial score (nSPS) is 24.3. The first-order valence-corrected chi connectivity index (χ1v) is 10.6. The summed E-state index contributed by atoms with van der Waals surface area (Å²) in [6.45, 7) is 14.8. The maximum Gasteiger partial charge on any atom is 0.222 e. The number of hydrogen-bond acceptors (Lipinski definition) is 3. The predicted molar refractivity (Wildman–Crippen MR) is 106 cm³/mol. The highest BCUT2D eigenvalue weighted by atomic mass is 32.1. The molecule has 1 fully saturated rings. The molecule has 0 N–H and O–H groups in total. The van der Waals surface area contributed by atoms with Crippen molar-refractivity contribution < 1.29 is 9.53 Å². The third-order valence-electron chi connectivity index (χ3n) is 5.99. The van der Waals surface area contributed by atoms with Gasteiger partial charge in [0.25, 0.3) is 0 Å². The van der Waals surface area contributed by atoms with Crippen LogP contribution in [0.15, 0.2) is 17.5 Å². The number of hydrogen-bond donors (Lipinski definition) is 0. The maximum absolute atomic E-state index is 12.6. The van der Waals surface area contributed by atoms with Crippen LogP contribution >= 0.6 is 11.3 Å². The Morgan fingerprint density at radius 2 is 2.08 bits per heavy atom. The van der Waals surface area contributed by atoms with Gasteiger partial charge >= 0.3 is 0 Å². The lowest BCUT2D eigenvalue weighted by Gasteiger charge is -2.48. The number of nitrogens with zero attached hydrogens (tertiary/aromatic N) is 1. The Balaban J connectivity index is 2.16. The molecule has 0 saturated carbocycles. The van der Waals surface area contributed by atoms with Gasteiger partial charge in [0, 0.05) is 24.4 Å². The van der Waals surface area contributed by atoms with Crippen LogP contribution in [0.5, 0.6) is 0 Å². The van der Waals surface area contributed by atoms with E-state index < -0.39 is 0 Å². The second-order valence-electron chi connectivity index (χ2n) is 8.43. The molecule has 0 spiro atoms. The number of thiophene rings is 1. The van der Waals surface area contributed by atoms with E-state index in [4.69, 9.17) is 4.74 Å². The van der Waals surface area contributed by atoms with Gasteiger partial charge in [-0.25, -0.2) is 0 Å². The average Bonchev–Trinajstić information content (AvgIpc) is 3.07. The lowest BCUT2D eigenvalue weighted by Crippen LogP contribution is -2.46. The van der Waals surface area contributed by atoms with E-state index in [0.717, 1.165) is 32.4 Å². The Bertz CT molecular complexity index is 552. The SMILES string of the molecule is CCC(=O)N(CC[C@@]1(C(C)C)CCOC(C)(C)C1)[C@@H](C)c1cccs1. The van der Waals surface area contributed by atoms with E-state index in [0.29, 0.717) is 12.3 Å². The van der Waals surface area contributed by atoms with Gasteiger partial charge < -0.3 is 9.64 Å². The van der Waals surface area contributed by atoms with E-state index in [1.165, 1.54) is 4.88 Å². The van der Waals surface area contributed by atoms with Gasteiger partial charge in [0.1, 0.15) is 0 Å². The number of amides is 1. The monoisotopic (exact) mass is 365 g/mol. The van der Waals surface area contributed by atoms with E-state index in [9.17, 15) is 4.79 Å². The topological polar surface area (TPSA) is 29.5 Å². The Labute approximate surface area is 157 Å². The summed E-state index contributed by atoms with van der Waals surface area (Å²) >= 11 is 1.74. The predicted octanol–water partition coefficient (Wildman–Crippen LogP) is 5.67.